The van der Waals surface area contributed by atoms with Crippen LogP contribution in [0.25, 0.3) is 0 Å². The second kappa shape index (κ2) is 9.47. The molecule has 1 aliphatic rings. The summed E-state index contributed by atoms with van der Waals surface area (Å²) in [6.07, 6.45) is 0.540. The van der Waals surface area contributed by atoms with Crippen molar-refractivity contribution in [1.82, 2.24) is 4.90 Å². The first-order valence-electron chi connectivity index (χ1n) is 10.5. The number of rotatable bonds is 7. The van der Waals surface area contributed by atoms with Crippen LogP contribution < -0.4 is 9.64 Å². The number of carbonyl (C=O) groups is 3. The summed E-state index contributed by atoms with van der Waals surface area (Å²) in [6, 6.07) is 24.5. The minimum Gasteiger partial charge on any atom is -0.497 e. The van der Waals surface area contributed by atoms with Crippen LogP contribution in [-0.4, -0.2) is 42.3 Å². The lowest BCUT2D eigenvalue weighted by molar-refractivity contribution is -0.122. The maximum Gasteiger partial charge on any atom is 0.257 e. The summed E-state index contributed by atoms with van der Waals surface area (Å²) in [7, 11) is 1.55. The van der Waals surface area contributed by atoms with Gasteiger partial charge in [0.05, 0.1) is 19.2 Å². The van der Waals surface area contributed by atoms with Gasteiger partial charge in [0.2, 0.25) is 5.91 Å². The predicted molar refractivity (Wildman–Crippen MR) is 122 cm³/mol. The topological polar surface area (TPSA) is 66.9 Å². The fraction of sp³-hybridized carbons (Fsp3) is 0.192. The van der Waals surface area contributed by atoms with E-state index >= 15 is 0 Å². The van der Waals surface area contributed by atoms with Crippen molar-refractivity contribution < 1.29 is 19.1 Å². The fourth-order valence-corrected chi connectivity index (χ4v) is 3.90. The minimum absolute atomic E-state index is 0.0434. The van der Waals surface area contributed by atoms with E-state index in [4.69, 9.17) is 4.74 Å². The highest BCUT2D eigenvalue weighted by molar-refractivity contribution is 6.23. The van der Waals surface area contributed by atoms with Crippen molar-refractivity contribution in [2.75, 3.05) is 18.6 Å². The third-order valence-corrected chi connectivity index (χ3v) is 5.60. The molecule has 162 valence electrons. The molecule has 0 aliphatic carbocycles. The smallest absolute Gasteiger partial charge is 0.257 e. The largest absolute Gasteiger partial charge is 0.497 e. The number of methoxy groups -OCH3 is 1. The Balaban J connectivity index is 1.61. The number of anilines is 1. The molecule has 3 amide bonds. The molecule has 32 heavy (non-hydrogen) atoms. The lowest BCUT2D eigenvalue weighted by Gasteiger charge is -2.28. The van der Waals surface area contributed by atoms with Crippen molar-refractivity contribution >= 4 is 23.4 Å². The van der Waals surface area contributed by atoms with E-state index in [1.807, 2.05) is 36.4 Å². The quantitative estimate of drug-likeness (QED) is 0.538. The van der Waals surface area contributed by atoms with Gasteiger partial charge in [0.25, 0.3) is 11.8 Å². The molecule has 0 saturated carbocycles. The average Bonchev–Trinajstić information content (AvgIpc) is 3.14. The number of imide groups is 1. The van der Waals surface area contributed by atoms with E-state index in [-0.39, 0.29) is 18.2 Å². The summed E-state index contributed by atoms with van der Waals surface area (Å²) in [5.74, 6) is -0.342. The molecular formula is C26H24N2O4. The van der Waals surface area contributed by atoms with Crippen molar-refractivity contribution in [2.45, 2.75) is 18.9 Å². The molecule has 0 spiro atoms. The van der Waals surface area contributed by atoms with Crippen LogP contribution in [0.4, 0.5) is 5.69 Å². The van der Waals surface area contributed by atoms with Crippen LogP contribution in [0.3, 0.4) is 0 Å². The van der Waals surface area contributed by atoms with Crippen LogP contribution in [0.5, 0.6) is 5.75 Å². The van der Waals surface area contributed by atoms with Gasteiger partial charge in [0, 0.05) is 12.1 Å². The van der Waals surface area contributed by atoms with E-state index in [2.05, 4.69) is 0 Å². The standard InChI is InChI=1S/C26H24N2O4/c1-32-22-14-12-21(13-15-22)28-24(29)18-23(26(28)31)27(17-16-19-8-4-2-5-9-19)25(30)20-10-6-3-7-11-20/h2-15,23H,16-18H2,1H3/t23-/m1/s1. The summed E-state index contributed by atoms with van der Waals surface area (Å²) in [4.78, 5) is 42.2. The summed E-state index contributed by atoms with van der Waals surface area (Å²) in [5, 5.41) is 0. The Morgan fingerprint density at radius 1 is 0.938 bits per heavy atom. The molecule has 0 bridgehead atoms. The molecule has 1 heterocycles. The maximum atomic E-state index is 13.4. The fourth-order valence-electron chi connectivity index (χ4n) is 3.90. The Labute approximate surface area is 187 Å². The highest BCUT2D eigenvalue weighted by Crippen LogP contribution is 2.28. The maximum absolute atomic E-state index is 13.4. The Morgan fingerprint density at radius 3 is 2.19 bits per heavy atom. The molecule has 0 radical (unpaired) electrons. The van der Waals surface area contributed by atoms with Crippen LogP contribution in [0.1, 0.15) is 22.3 Å². The van der Waals surface area contributed by atoms with Gasteiger partial charge in [0.15, 0.2) is 0 Å². The second-order valence-corrected chi connectivity index (χ2v) is 7.59. The highest BCUT2D eigenvalue weighted by atomic mass is 16.5. The first kappa shape index (κ1) is 21.3. The monoisotopic (exact) mass is 428 g/mol. The van der Waals surface area contributed by atoms with Crippen LogP contribution >= 0.6 is 0 Å². The number of benzene rings is 3. The molecule has 1 atom stereocenters. The summed E-state index contributed by atoms with van der Waals surface area (Å²) in [5.41, 5.74) is 2.02. The molecule has 0 aromatic heterocycles. The average molecular weight is 428 g/mol. The Bertz CT molecular complexity index is 1100. The Morgan fingerprint density at radius 2 is 1.56 bits per heavy atom. The third-order valence-electron chi connectivity index (χ3n) is 5.60. The number of ether oxygens (including phenoxy) is 1. The summed E-state index contributed by atoms with van der Waals surface area (Å²) in [6.45, 7) is 0.331. The van der Waals surface area contributed by atoms with Gasteiger partial charge in [-0.25, -0.2) is 4.90 Å². The number of nitrogens with zero attached hydrogens (tertiary/aromatic N) is 2. The zero-order chi connectivity index (χ0) is 22.5. The van der Waals surface area contributed by atoms with Crippen LogP contribution in [0, 0.1) is 0 Å². The molecule has 0 unspecified atom stereocenters. The van der Waals surface area contributed by atoms with E-state index < -0.39 is 11.9 Å². The number of carbonyl (C=O) groups excluding carboxylic acids is 3. The van der Waals surface area contributed by atoms with Crippen molar-refractivity contribution in [3.05, 3.63) is 96.1 Å². The molecule has 3 aromatic carbocycles. The Hall–Kier alpha value is -3.93. The lowest BCUT2D eigenvalue weighted by Crippen LogP contribution is -2.46. The van der Waals surface area contributed by atoms with E-state index in [9.17, 15) is 14.4 Å². The number of hydrogen-bond acceptors (Lipinski definition) is 4. The zero-order valence-electron chi connectivity index (χ0n) is 17.8. The van der Waals surface area contributed by atoms with E-state index in [0.29, 0.717) is 30.0 Å². The van der Waals surface area contributed by atoms with Gasteiger partial charge in [-0.1, -0.05) is 48.5 Å². The number of amides is 3. The molecule has 6 nitrogen and oxygen atoms in total. The van der Waals surface area contributed by atoms with Crippen LogP contribution in [0.15, 0.2) is 84.9 Å². The van der Waals surface area contributed by atoms with Crippen molar-refractivity contribution in [2.24, 2.45) is 0 Å². The lowest BCUT2D eigenvalue weighted by atomic mass is 10.1. The minimum atomic E-state index is -0.846. The van der Waals surface area contributed by atoms with Crippen molar-refractivity contribution in [3.8, 4) is 5.75 Å². The SMILES string of the molecule is COc1ccc(N2C(=O)C[C@@H](N(CCc3ccccc3)C(=O)c3ccccc3)C2=O)cc1. The first-order valence-corrected chi connectivity index (χ1v) is 10.5. The van der Waals surface area contributed by atoms with Gasteiger partial charge in [-0.3, -0.25) is 14.4 Å². The molecule has 6 heteroatoms. The van der Waals surface area contributed by atoms with E-state index in [1.165, 1.54) is 4.90 Å². The highest BCUT2D eigenvalue weighted by Gasteiger charge is 2.44. The molecule has 3 aromatic rings. The van der Waals surface area contributed by atoms with Gasteiger partial charge in [-0.15, -0.1) is 0 Å². The summed E-state index contributed by atoms with van der Waals surface area (Å²) >= 11 is 0. The van der Waals surface area contributed by atoms with Crippen LogP contribution in [-0.2, 0) is 16.0 Å². The molecule has 1 aliphatic heterocycles. The van der Waals surface area contributed by atoms with E-state index in [1.54, 1.807) is 55.6 Å². The molecular weight excluding hydrogens is 404 g/mol. The van der Waals surface area contributed by atoms with Gasteiger partial charge in [0.1, 0.15) is 11.8 Å². The Kier molecular flexibility index (Phi) is 6.31. The third kappa shape index (κ3) is 4.39. The normalized spacial score (nSPS) is 15.7. The first-order chi connectivity index (χ1) is 15.6. The molecule has 0 N–H and O–H groups in total. The molecule has 4 rings (SSSR count). The van der Waals surface area contributed by atoms with Gasteiger partial charge in [-0.2, -0.15) is 0 Å². The second-order valence-electron chi connectivity index (χ2n) is 7.59. The van der Waals surface area contributed by atoms with Crippen molar-refractivity contribution in [3.63, 3.8) is 0 Å². The summed E-state index contributed by atoms with van der Waals surface area (Å²) < 4.78 is 5.16. The predicted octanol–water partition coefficient (Wildman–Crippen LogP) is 3.71. The van der Waals surface area contributed by atoms with Gasteiger partial charge in [-0.05, 0) is 48.4 Å². The van der Waals surface area contributed by atoms with Gasteiger partial charge >= 0.3 is 0 Å². The zero-order valence-corrected chi connectivity index (χ0v) is 17.8. The van der Waals surface area contributed by atoms with Crippen molar-refractivity contribution in [1.29, 1.82) is 0 Å². The molecule has 1 fully saturated rings. The van der Waals surface area contributed by atoms with Gasteiger partial charge < -0.3 is 9.64 Å². The van der Waals surface area contributed by atoms with Crippen LogP contribution in [0.2, 0.25) is 0 Å². The number of hydrogen-bond donors (Lipinski definition) is 0. The molecule has 1 saturated heterocycles. The van der Waals surface area contributed by atoms with E-state index in [0.717, 1.165) is 10.5 Å².